The standard InChI is InChI=1S/C16H20N2S/c1-16(2)7-9-19-11-15(16)18-14-5-3-4-12-6-8-17-10-13(12)14/h3-6,8,10,15,18H,7,9,11H2,1-2H3. The van der Waals surface area contributed by atoms with Crippen LogP contribution in [0.1, 0.15) is 20.3 Å². The Balaban J connectivity index is 1.93. The summed E-state index contributed by atoms with van der Waals surface area (Å²) >= 11 is 2.05. The van der Waals surface area contributed by atoms with E-state index in [2.05, 4.69) is 60.2 Å². The van der Waals surface area contributed by atoms with Gasteiger partial charge in [-0.05, 0) is 35.1 Å². The topological polar surface area (TPSA) is 24.9 Å². The molecule has 0 radical (unpaired) electrons. The molecule has 0 aliphatic carbocycles. The third kappa shape index (κ3) is 2.57. The summed E-state index contributed by atoms with van der Waals surface area (Å²) in [6, 6.07) is 9.02. The number of thioether (sulfide) groups is 1. The average Bonchev–Trinajstić information content (AvgIpc) is 2.41. The normalized spacial score (nSPS) is 22.3. The Morgan fingerprint density at radius 1 is 1.32 bits per heavy atom. The molecule has 2 aromatic rings. The molecule has 0 spiro atoms. The molecule has 1 fully saturated rings. The van der Waals surface area contributed by atoms with Crippen LogP contribution in [-0.2, 0) is 0 Å². The van der Waals surface area contributed by atoms with E-state index in [4.69, 9.17) is 0 Å². The van der Waals surface area contributed by atoms with Crippen molar-refractivity contribution in [3.8, 4) is 0 Å². The third-order valence-corrected chi connectivity index (χ3v) is 5.19. The molecule has 0 bridgehead atoms. The molecule has 2 heterocycles. The van der Waals surface area contributed by atoms with Gasteiger partial charge < -0.3 is 5.32 Å². The van der Waals surface area contributed by atoms with Gasteiger partial charge in [0.25, 0.3) is 0 Å². The number of rotatable bonds is 2. The van der Waals surface area contributed by atoms with Crippen molar-refractivity contribution in [1.82, 2.24) is 4.98 Å². The number of hydrogen-bond donors (Lipinski definition) is 1. The largest absolute Gasteiger partial charge is 0.380 e. The lowest BCUT2D eigenvalue weighted by atomic mass is 9.82. The first-order valence-corrected chi connectivity index (χ1v) is 7.99. The molecule has 19 heavy (non-hydrogen) atoms. The lowest BCUT2D eigenvalue weighted by molar-refractivity contribution is 0.305. The first kappa shape index (κ1) is 12.8. The summed E-state index contributed by atoms with van der Waals surface area (Å²) in [5, 5.41) is 6.22. The highest BCUT2D eigenvalue weighted by Gasteiger charge is 2.32. The SMILES string of the molecule is CC1(C)CCSCC1Nc1cccc2ccncc12. The summed E-state index contributed by atoms with van der Waals surface area (Å²) in [6.45, 7) is 4.74. The molecule has 1 N–H and O–H groups in total. The molecule has 1 unspecified atom stereocenters. The molecule has 3 heteroatoms. The van der Waals surface area contributed by atoms with Crippen LogP contribution < -0.4 is 5.32 Å². The van der Waals surface area contributed by atoms with Crippen LogP contribution in [0, 0.1) is 5.41 Å². The van der Waals surface area contributed by atoms with Gasteiger partial charge in [0, 0.05) is 35.3 Å². The average molecular weight is 272 g/mol. The van der Waals surface area contributed by atoms with E-state index in [1.165, 1.54) is 34.4 Å². The van der Waals surface area contributed by atoms with Crippen LogP contribution >= 0.6 is 11.8 Å². The lowest BCUT2D eigenvalue weighted by Crippen LogP contribution is -2.41. The van der Waals surface area contributed by atoms with E-state index in [-0.39, 0.29) is 0 Å². The Labute approximate surface area is 119 Å². The van der Waals surface area contributed by atoms with Crippen molar-refractivity contribution in [3.63, 3.8) is 0 Å². The number of anilines is 1. The Bertz CT molecular complexity index is 574. The molecular weight excluding hydrogens is 252 g/mol. The zero-order chi connectivity index (χ0) is 13.3. The first-order chi connectivity index (χ1) is 9.17. The summed E-state index contributed by atoms with van der Waals surface area (Å²) in [5.41, 5.74) is 1.57. The second-order valence-electron chi connectivity index (χ2n) is 5.91. The number of fused-ring (bicyclic) bond motifs is 1. The van der Waals surface area contributed by atoms with Crippen LogP contribution in [0.25, 0.3) is 10.8 Å². The molecule has 1 aromatic heterocycles. The minimum absolute atomic E-state index is 0.357. The molecular formula is C16H20N2S. The Morgan fingerprint density at radius 3 is 3.05 bits per heavy atom. The smallest absolute Gasteiger partial charge is 0.0438 e. The van der Waals surface area contributed by atoms with E-state index < -0.39 is 0 Å². The van der Waals surface area contributed by atoms with Crippen LogP contribution in [0.15, 0.2) is 36.7 Å². The van der Waals surface area contributed by atoms with Gasteiger partial charge >= 0.3 is 0 Å². The molecule has 3 rings (SSSR count). The fraction of sp³-hybridized carbons (Fsp3) is 0.438. The van der Waals surface area contributed by atoms with Gasteiger partial charge in [-0.2, -0.15) is 11.8 Å². The Morgan fingerprint density at radius 2 is 2.21 bits per heavy atom. The predicted octanol–water partition coefficient (Wildman–Crippen LogP) is 4.18. The van der Waals surface area contributed by atoms with Gasteiger partial charge in [0.15, 0.2) is 0 Å². The molecule has 1 atom stereocenters. The summed E-state index contributed by atoms with van der Waals surface area (Å²) in [5.74, 6) is 2.46. The summed E-state index contributed by atoms with van der Waals surface area (Å²) in [4.78, 5) is 4.26. The Hall–Kier alpha value is -1.22. The third-order valence-electron chi connectivity index (χ3n) is 4.13. The van der Waals surface area contributed by atoms with Crippen molar-refractivity contribution in [2.45, 2.75) is 26.3 Å². The maximum absolute atomic E-state index is 4.26. The van der Waals surface area contributed by atoms with E-state index in [1.54, 1.807) is 0 Å². The number of pyridine rings is 1. The van der Waals surface area contributed by atoms with Gasteiger partial charge in [-0.1, -0.05) is 26.0 Å². The van der Waals surface area contributed by atoms with Gasteiger partial charge in [-0.3, -0.25) is 4.98 Å². The van der Waals surface area contributed by atoms with Gasteiger partial charge in [-0.25, -0.2) is 0 Å². The monoisotopic (exact) mass is 272 g/mol. The lowest BCUT2D eigenvalue weighted by Gasteiger charge is -2.39. The number of hydrogen-bond acceptors (Lipinski definition) is 3. The van der Waals surface area contributed by atoms with E-state index in [9.17, 15) is 0 Å². The minimum atomic E-state index is 0.357. The highest BCUT2D eigenvalue weighted by atomic mass is 32.2. The van der Waals surface area contributed by atoms with Crippen LogP contribution in [-0.4, -0.2) is 22.5 Å². The quantitative estimate of drug-likeness (QED) is 0.888. The van der Waals surface area contributed by atoms with Crippen LogP contribution in [0.4, 0.5) is 5.69 Å². The van der Waals surface area contributed by atoms with Crippen molar-refractivity contribution >= 4 is 28.2 Å². The van der Waals surface area contributed by atoms with Gasteiger partial charge in [0.05, 0.1) is 0 Å². The molecule has 100 valence electrons. The first-order valence-electron chi connectivity index (χ1n) is 6.84. The molecule has 1 aromatic carbocycles. The van der Waals surface area contributed by atoms with Crippen molar-refractivity contribution < 1.29 is 0 Å². The highest BCUT2D eigenvalue weighted by Crippen LogP contribution is 2.37. The van der Waals surface area contributed by atoms with Gasteiger partial charge in [0.2, 0.25) is 0 Å². The van der Waals surface area contributed by atoms with E-state index in [0.29, 0.717) is 11.5 Å². The number of nitrogens with one attached hydrogen (secondary N) is 1. The molecule has 0 amide bonds. The highest BCUT2D eigenvalue weighted by molar-refractivity contribution is 7.99. The van der Waals surface area contributed by atoms with Crippen molar-refractivity contribution in [2.24, 2.45) is 5.41 Å². The maximum atomic E-state index is 4.26. The molecule has 1 aliphatic heterocycles. The summed E-state index contributed by atoms with van der Waals surface area (Å²) < 4.78 is 0. The van der Waals surface area contributed by atoms with E-state index in [1.807, 2.05) is 12.4 Å². The van der Waals surface area contributed by atoms with Crippen LogP contribution in [0.3, 0.4) is 0 Å². The number of aromatic nitrogens is 1. The zero-order valence-electron chi connectivity index (χ0n) is 11.5. The maximum Gasteiger partial charge on any atom is 0.0438 e. The summed E-state index contributed by atoms with van der Waals surface area (Å²) in [7, 11) is 0. The molecule has 1 saturated heterocycles. The zero-order valence-corrected chi connectivity index (χ0v) is 12.3. The van der Waals surface area contributed by atoms with Crippen molar-refractivity contribution in [2.75, 3.05) is 16.8 Å². The predicted molar refractivity (Wildman–Crippen MR) is 84.9 cm³/mol. The van der Waals surface area contributed by atoms with Crippen molar-refractivity contribution in [3.05, 3.63) is 36.7 Å². The fourth-order valence-electron chi connectivity index (χ4n) is 2.60. The van der Waals surface area contributed by atoms with E-state index >= 15 is 0 Å². The number of nitrogens with zero attached hydrogens (tertiary/aromatic N) is 1. The Kier molecular flexibility index (Phi) is 3.40. The molecule has 1 aliphatic rings. The molecule has 0 saturated carbocycles. The van der Waals surface area contributed by atoms with Crippen LogP contribution in [0.5, 0.6) is 0 Å². The second kappa shape index (κ2) is 5.04. The molecule has 2 nitrogen and oxygen atoms in total. The fourth-order valence-corrected chi connectivity index (χ4v) is 4.21. The minimum Gasteiger partial charge on any atom is -0.380 e. The summed E-state index contributed by atoms with van der Waals surface area (Å²) in [6.07, 6.45) is 5.09. The van der Waals surface area contributed by atoms with E-state index in [0.717, 1.165) is 0 Å². The van der Waals surface area contributed by atoms with Gasteiger partial charge in [0.1, 0.15) is 0 Å². The second-order valence-corrected chi connectivity index (χ2v) is 7.06. The van der Waals surface area contributed by atoms with Gasteiger partial charge in [-0.15, -0.1) is 0 Å². The van der Waals surface area contributed by atoms with Crippen molar-refractivity contribution in [1.29, 1.82) is 0 Å². The number of benzene rings is 1. The van der Waals surface area contributed by atoms with Crippen LogP contribution in [0.2, 0.25) is 0 Å².